The van der Waals surface area contributed by atoms with Gasteiger partial charge in [0, 0.05) is 10.6 Å². The first-order valence-electron chi connectivity index (χ1n) is 8.64. The highest BCUT2D eigenvalue weighted by Gasteiger charge is 2.60. The van der Waals surface area contributed by atoms with E-state index in [0.29, 0.717) is 17.0 Å². The number of carbonyl (C=O) groups is 2. The lowest BCUT2D eigenvalue weighted by Crippen LogP contribution is -2.48. The molecule has 3 rings (SSSR count). The molecule has 25 heavy (non-hydrogen) atoms. The molecule has 1 saturated heterocycles. The van der Waals surface area contributed by atoms with E-state index in [0.717, 1.165) is 19.3 Å². The number of halogens is 1. The number of carboxylic acid groups (broad SMARTS) is 1. The van der Waals surface area contributed by atoms with E-state index in [1.165, 1.54) is 0 Å². The molecule has 1 saturated carbocycles. The van der Waals surface area contributed by atoms with E-state index in [1.807, 2.05) is 20.8 Å². The normalized spacial score (nSPS) is 22.7. The third kappa shape index (κ3) is 3.61. The van der Waals surface area contributed by atoms with Crippen molar-refractivity contribution in [2.45, 2.75) is 69.6 Å². The van der Waals surface area contributed by atoms with E-state index in [2.05, 4.69) is 0 Å². The Hall–Kier alpha value is -1.75. The van der Waals surface area contributed by atoms with Crippen LogP contribution in [0.25, 0.3) is 0 Å². The molecule has 136 valence electrons. The number of nitrogens with zero attached hydrogens (tertiary/aromatic N) is 1. The van der Waals surface area contributed by atoms with Crippen LogP contribution < -0.4 is 0 Å². The predicted octanol–water partition coefficient (Wildman–Crippen LogP) is 4.44. The van der Waals surface area contributed by atoms with Crippen molar-refractivity contribution in [1.29, 1.82) is 0 Å². The fraction of sp³-hybridized carbons (Fsp3) is 0.579. The Morgan fingerprint density at radius 3 is 2.32 bits per heavy atom. The van der Waals surface area contributed by atoms with Crippen LogP contribution in [0.1, 0.15) is 57.9 Å². The second kappa shape index (κ2) is 6.20. The summed E-state index contributed by atoms with van der Waals surface area (Å²) < 4.78 is 5.59. The summed E-state index contributed by atoms with van der Waals surface area (Å²) >= 11 is 5.93. The minimum absolute atomic E-state index is 0.215. The van der Waals surface area contributed by atoms with Gasteiger partial charge in [0.2, 0.25) is 0 Å². The van der Waals surface area contributed by atoms with Gasteiger partial charge >= 0.3 is 12.1 Å². The third-order valence-electron chi connectivity index (χ3n) is 5.05. The molecule has 0 bridgehead atoms. The maximum absolute atomic E-state index is 12.8. The van der Waals surface area contributed by atoms with Crippen LogP contribution in [0.4, 0.5) is 4.79 Å². The molecule has 2 atom stereocenters. The minimum Gasteiger partial charge on any atom is -0.481 e. The minimum atomic E-state index is -0.932. The van der Waals surface area contributed by atoms with Gasteiger partial charge < -0.3 is 9.84 Å². The van der Waals surface area contributed by atoms with Gasteiger partial charge in [0.15, 0.2) is 0 Å². The fourth-order valence-electron chi connectivity index (χ4n) is 3.81. The topological polar surface area (TPSA) is 66.8 Å². The summed E-state index contributed by atoms with van der Waals surface area (Å²) in [5.74, 6) is -1.72. The maximum atomic E-state index is 12.8. The van der Waals surface area contributed by atoms with Crippen LogP contribution in [0.3, 0.4) is 0 Å². The Morgan fingerprint density at radius 1 is 1.24 bits per heavy atom. The number of benzene rings is 1. The van der Waals surface area contributed by atoms with Crippen molar-refractivity contribution in [2.24, 2.45) is 0 Å². The largest absolute Gasteiger partial charge is 0.481 e. The molecular weight excluding hydrogens is 342 g/mol. The van der Waals surface area contributed by atoms with Gasteiger partial charge in [-0.2, -0.15) is 0 Å². The van der Waals surface area contributed by atoms with E-state index in [9.17, 15) is 14.7 Å². The molecule has 6 heteroatoms. The van der Waals surface area contributed by atoms with Crippen molar-refractivity contribution in [3.8, 4) is 0 Å². The number of hydrogen-bond acceptors (Lipinski definition) is 3. The molecular formula is C19H24ClNO4. The third-order valence-corrected chi connectivity index (χ3v) is 5.30. The zero-order valence-electron chi connectivity index (χ0n) is 14.8. The molecule has 2 fully saturated rings. The summed E-state index contributed by atoms with van der Waals surface area (Å²) in [6.45, 7) is 5.47. The maximum Gasteiger partial charge on any atom is 0.411 e. The highest BCUT2D eigenvalue weighted by Crippen LogP contribution is 2.54. The van der Waals surface area contributed by atoms with E-state index in [1.54, 1.807) is 29.2 Å². The Labute approximate surface area is 152 Å². The fourth-order valence-corrected chi connectivity index (χ4v) is 3.93. The van der Waals surface area contributed by atoms with Gasteiger partial charge in [0.25, 0.3) is 0 Å². The van der Waals surface area contributed by atoms with E-state index in [4.69, 9.17) is 16.3 Å². The molecule has 1 aromatic carbocycles. The molecule has 1 aromatic rings. The monoisotopic (exact) mass is 365 g/mol. The van der Waals surface area contributed by atoms with Crippen LogP contribution in [0.5, 0.6) is 0 Å². The molecule has 2 aliphatic rings. The summed E-state index contributed by atoms with van der Waals surface area (Å²) in [5, 5.41) is 10.4. The molecule has 1 N–H and O–H groups in total. The first-order chi connectivity index (χ1) is 11.6. The predicted molar refractivity (Wildman–Crippen MR) is 94.9 cm³/mol. The van der Waals surface area contributed by atoms with Crippen LogP contribution in [-0.4, -0.2) is 39.3 Å². The van der Waals surface area contributed by atoms with Gasteiger partial charge in [0.1, 0.15) is 11.5 Å². The van der Waals surface area contributed by atoms with Crippen molar-refractivity contribution < 1.29 is 19.4 Å². The van der Waals surface area contributed by atoms with Crippen LogP contribution in [0.2, 0.25) is 5.02 Å². The smallest absolute Gasteiger partial charge is 0.411 e. The van der Waals surface area contributed by atoms with Gasteiger partial charge in [-0.3, -0.25) is 9.69 Å². The van der Waals surface area contributed by atoms with Crippen molar-refractivity contribution in [3.63, 3.8) is 0 Å². The van der Waals surface area contributed by atoms with E-state index in [-0.39, 0.29) is 5.54 Å². The number of likely N-dealkylation sites (tertiary alicyclic amines) is 1. The van der Waals surface area contributed by atoms with Gasteiger partial charge in [0.05, 0.1) is 6.04 Å². The van der Waals surface area contributed by atoms with Gasteiger partial charge in [-0.1, -0.05) is 23.7 Å². The average molecular weight is 366 g/mol. The van der Waals surface area contributed by atoms with Crippen LogP contribution in [0, 0.1) is 0 Å². The molecule has 1 aliphatic heterocycles. The highest BCUT2D eigenvalue weighted by atomic mass is 35.5. The molecule has 1 heterocycles. The molecule has 1 aliphatic carbocycles. The summed E-state index contributed by atoms with van der Waals surface area (Å²) in [6.07, 6.45) is 2.91. The zero-order chi connectivity index (χ0) is 18.4. The summed E-state index contributed by atoms with van der Waals surface area (Å²) in [6, 6.07) is 6.42. The second-order valence-electron chi connectivity index (χ2n) is 8.05. The highest BCUT2D eigenvalue weighted by molar-refractivity contribution is 6.30. The summed E-state index contributed by atoms with van der Waals surface area (Å²) in [7, 11) is 0. The SMILES string of the molecule is CC(C)(C)OC(=O)N1C([C@@H](C(=O)O)c2ccc(Cl)cc2)CCC12CC2. The number of ether oxygens (including phenoxy) is 1. The molecule has 1 unspecified atom stereocenters. The van der Waals surface area contributed by atoms with E-state index >= 15 is 0 Å². The van der Waals surface area contributed by atoms with Crippen LogP contribution in [-0.2, 0) is 9.53 Å². The second-order valence-corrected chi connectivity index (χ2v) is 8.48. The first kappa shape index (κ1) is 18.1. The lowest BCUT2D eigenvalue weighted by atomic mass is 9.90. The molecule has 0 aromatic heterocycles. The van der Waals surface area contributed by atoms with Crippen molar-refractivity contribution in [2.75, 3.05) is 0 Å². The number of carboxylic acids is 1. The Kier molecular flexibility index (Phi) is 4.48. The van der Waals surface area contributed by atoms with Crippen molar-refractivity contribution >= 4 is 23.7 Å². The van der Waals surface area contributed by atoms with Crippen LogP contribution >= 0.6 is 11.6 Å². The van der Waals surface area contributed by atoms with E-state index < -0.39 is 29.6 Å². The Bertz CT molecular complexity index is 676. The van der Waals surface area contributed by atoms with Crippen molar-refractivity contribution in [3.05, 3.63) is 34.9 Å². The number of aliphatic carboxylic acids is 1. The lowest BCUT2D eigenvalue weighted by Gasteiger charge is -2.35. The number of amides is 1. The Balaban J connectivity index is 1.93. The van der Waals surface area contributed by atoms with Gasteiger partial charge in [-0.05, 0) is 64.2 Å². The quantitative estimate of drug-likeness (QED) is 0.859. The lowest BCUT2D eigenvalue weighted by molar-refractivity contribution is -0.140. The molecule has 5 nitrogen and oxygen atoms in total. The number of hydrogen-bond donors (Lipinski definition) is 1. The number of rotatable bonds is 3. The Morgan fingerprint density at radius 2 is 1.84 bits per heavy atom. The van der Waals surface area contributed by atoms with Gasteiger partial charge in [-0.15, -0.1) is 0 Å². The molecule has 1 spiro atoms. The number of carbonyl (C=O) groups excluding carboxylic acids is 1. The van der Waals surface area contributed by atoms with Gasteiger partial charge in [-0.25, -0.2) is 4.79 Å². The zero-order valence-corrected chi connectivity index (χ0v) is 15.5. The molecule has 1 amide bonds. The van der Waals surface area contributed by atoms with Crippen molar-refractivity contribution in [1.82, 2.24) is 4.90 Å². The van der Waals surface area contributed by atoms with Crippen LogP contribution in [0.15, 0.2) is 24.3 Å². The molecule has 0 radical (unpaired) electrons. The first-order valence-corrected chi connectivity index (χ1v) is 9.01. The average Bonchev–Trinajstić information content (AvgIpc) is 3.15. The summed E-state index contributed by atoms with van der Waals surface area (Å²) in [5.41, 5.74) is -0.167. The standard InChI is InChI=1S/C19H24ClNO4/c1-18(2,3)25-17(24)21-14(8-9-19(21)10-11-19)15(16(22)23)12-4-6-13(20)7-5-12/h4-7,14-15H,8-11H2,1-3H3,(H,22,23)/t14?,15-/m0/s1. The summed E-state index contributed by atoms with van der Waals surface area (Å²) in [4.78, 5) is 26.6.